The SMILES string of the molecule is OC[C@H]1CCOCCN1. The summed E-state index contributed by atoms with van der Waals surface area (Å²) in [6.07, 6.45) is 0.927. The summed E-state index contributed by atoms with van der Waals surface area (Å²) >= 11 is 0. The highest BCUT2D eigenvalue weighted by Gasteiger charge is 2.08. The monoisotopic (exact) mass is 131 g/mol. The van der Waals surface area contributed by atoms with Crippen LogP contribution in [0.15, 0.2) is 0 Å². The van der Waals surface area contributed by atoms with Gasteiger partial charge >= 0.3 is 0 Å². The zero-order chi connectivity index (χ0) is 6.53. The van der Waals surface area contributed by atoms with Crippen LogP contribution in [0.3, 0.4) is 0 Å². The molecule has 3 heteroatoms. The molecule has 0 spiro atoms. The molecule has 0 aromatic rings. The minimum Gasteiger partial charge on any atom is -0.395 e. The average Bonchev–Trinajstić information content (AvgIpc) is 2.13. The third-order valence-electron chi connectivity index (χ3n) is 1.51. The van der Waals surface area contributed by atoms with Gasteiger partial charge in [-0.15, -0.1) is 0 Å². The molecule has 1 rings (SSSR count). The average molecular weight is 131 g/mol. The van der Waals surface area contributed by atoms with Gasteiger partial charge in [0.1, 0.15) is 0 Å². The molecule has 9 heavy (non-hydrogen) atoms. The Bertz CT molecular complexity index is 69.5. The predicted octanol–water partition coefficient (Wildman–Crippen LogP) is -0.643. The Kier molecular flexibility index (Phi) is 2.97. The lowest BCUT2D eigenvalue weighted by molar-refractivity contribution is 0.146. The normalized spacial score (nSPS) is 29.7. The number of aliphatic hydroxyl groups excluding tert-OH is 1. The highest BCUT2D eigenvalue weighted by atomic mass is 16.5. The molecule has 0 aromatic heterocycles. The van der Waals surface area contributed by atoms with Crippen molar-refractivity contribution in [2.75, 3.05) is 26.4 Å². The Morgan fingerprint density at radius 3 is 3.22 bits per heavy atom. The van der Waals surface area contributed by atoms with E-state index >= 15 is 0 Å². The maximum atomic E-state index is 8.70. The fourth-order valence-electron chi connectivity index (χ4n) is 0.921. The van der Waals surface area contributed by atoms with Crippen LogP contribution in [0.25, 0.3) is 0 Å². The van der Waals surface area contributed by atoms with Crippen LogP contribution >= 0.6 is 0 Å². The van der Waals surface area contributed by atoms with Crippen LogP contribution in [-0.4, -0.2) is 37.5 Å². The molecule has 0 unspecified atom stereocenters. The van der Waals surface area contributed by atoms with E-state index in [1.807, 2.05) is 0 Å². The molecule has 3 nitrogen and oxygen atoms in total. The van der Waals surface area contributed by atoms with Crippen LogP contribution < -0.4 is 5.32 Å². The maximum absolute atomic E-state index is 8.70. The third-order valence-corrected chi connectivity index (χ3v) is 1.51. The van der Waals surface area contributed by atoms with E-state index in [1.165, 1.54) is 0 Å². The van der Waals surface area contributed by atoms with Crippen molar-refractivity contribution in [3.63, 3.8) is 0 Å². The molecule has 0 radical (unpaired) electrons. The predicted molar refractivity (Wildman–Crippen MR) is 34.3 cm³/mol. The Morgan fingerprint density at radius 2 is 2.44 bits per heavy atom. The molecule has 0 aromatic carbocycles. The zero-order valence-corrected chi connectivity index (χ0v) is 5.47. The van der Waals surface area contributed by atoms with Crippen molar-refractivity contribution in [1.82, 2.24) is 5.32 Å². The molecule has 1 fully saturated rings. The van der Waals surface area contributed by atoms with Crippen LogP contribution in [-0.2, 0) is 4.74 Å². The summed E-state index contributed by atoms with van der Waals surface area (Å²) in [7, 11) is 0. The summed E-state index contributed by atoms with van der Waals surface area (Å²) in [5.74, 6) is 0. The van der Waals surface area contributed by atoms with Crippen molar-refractivity contribution in [1.29, 1.82) is 0 Å². The molecule has 1 heterocycles. The fraction of sp³-hybridized carbons (Fsp3) is 1.00. The standard InChI is InChI=1S/C6H13NO2/c8-5-6-1-3-9-4-2-7-6/h6-8H,1-5H2/t6-/m1/s1. The van der Waals surface area contributed by atoms with E-state index in [2.05, 4.69) is 5.32 Å². The van der Waals surface area contributed by atoms with Crippen molar-refractivity contribution >= 4 is 0 Å². The van der Waals surface area contributed by atoms with E-state index in [0.717, 1.165) is 26.2 Å². The topological polar surface area (TPSA) is 41.5 Å². The van der Waals surface area contributed by atoms with Gasteiger partial charge in [-0.05, 0) is 6.42 Å². The van der Waals surface area contributed by atoms with E-state index in [-0.39, 0.29) is 12.6 Å². The molecule has 1 atom stereocenters. The van der Waals surface area contributed by atoms with Gasteiger partial charge in [-0.2, -0.15) is 0 Å². The first-order valence-electron chi connectivity index (χ1n) is 3.35. The first kappa shape index (κ1) is 6.99. The first-order valence-corrected chi connectivity index (χ1v) is 3.35. The molecule has 0 aliphatic carbocycles. The third kappa shape index (κ3) is 2.30. The van der Waals surface area contributed by atoms with Crippen LogP contribution in [0.5, 0.6) is 0 Å². The van der Waals surface area contributed by atoms with Gasteiger partial charge in [-0.25, -0.2) is 0 Å². The quantitative estimate of drug-likeness (QED) is 0.497. The number of aliphatic hydroxyl groups is 1. The summed E-state index contributed by atoms with van der Waals surface area (Å²) in [5, 5.41) is 11.9. The smallest absolute Gasteiger partial charge is 0.0591 e. The van der Waals surface area contributed by atoms with E-state index < -0.39 is 0 Å². The summed E-state index contributed by atoms with van der Waals surface area (Å²) < 4.78 is 5.15. The zero-order valence-electron chi connectivity index (χ0n) is 5.47. The minimum absolute atomic E-state index is 0.226. The lowest BCUT2D eigenvalue weighted by Crippen LogP contribution is -2.32. The molecule has 0 amide bonds. The maximum Gasteiger partial charge on any atom is 0.0591 e. The number of hydrogen-bond donors (Lipinski definition) is 2. The van der Waals surface area contributed by atoms with E-state index in [0.29, 0.717) is 0 Å². The highest BCUT2D eigenvalue weighted by Crippen LogP contribution is 1.95. The number of ether oxygens (including phenoxy) is 1. The van der Waals surface area contributed by atoms with Crippen molar-refractivity contribution in [3.8, 4) is 0 Å². The van der Waals surface area contributed by atoms with Crippen molar-refractivity contribution in [2.45, 2.75) is 12.5 Å². The molecular formula is C6H13NO2. The lowest BCUT2D eigenvalue weighted by Gasteiger charge is -2.09. The first-order chi connectivity index (χ1) is 4.43. The Labute approximate surface area is 55.0 Å². The molecule has 0 bridgehead atoms. The fourth-order valence-corrected chi connectivity index (χ4v) is 0.921. The summed E-state index contributed by atoms with van der Waals surface area (Å²) in [6, 6.07) is 0.257. The van der Waals surface area contributed by atoms with Gasteiger partial charge in [0.25, 0.3) is 0 Å². The van der Waals surface area contributed by atoms with Gasteiger partial charge in [0.15, 0.2) is 0 Å². The molecule has 1 aliphatic heterocycles. The van der Waals surface area contributed by atoms with Gasteiger partial charge in [0.05, 0.1) is 13.2 Å². The van der Waals surface area contributed by atoms with E-state index in [4.69, 9.17) is 9.84 Å². The summed E-state index contributed by atoms with van der Waals surface area (Å²) in [6.45, 7) is 2.64. The lowest BCUT2D eigenvalue weighted by atomic mass is 10.2. The number of rotatable bonds is 1. The summed E-state index contributed by atoms with van der Waals surface area (Å²) in [4.78, 5) is 0. The van der Waals surface area contributed by atoms with Gasteiger partial charge in [0, 0.05) is 19.2 Å². The van der Waals surface area contributed by atoms with Gasteiger partial charge in [0.2, 0.25) is 0 Å². The Morgan fingerprint density at radius 1 is 1.56 bits per heavy atom. The number of hydrogen-bond acceptors (Lipinski definition) is 3. The highest BCUT2D eigenvalue weighted by molar-refractivity contribution is 4.66. The largest absolute Gasteiger partial charge is 0.395 e. The van der Waals surface area contributed by atoms with Crippen LogP contribution in [0.2, 0.25) is 0 Å². The van der Waals surface area contributed by atoms with Crippen LogP contribution in [0.1, 0.15) is 6.42 Å². The van der Waals surface area contributed by atoms with E-state index in [9.17, 15) is 0 Å². The van der Waals surface area contributed by atoms with Gasteiger partial charge in [-0.1, -0.05) is 0 Å². The molecule has 1 saturated heterocycles. The molecule has 1 aliphatic rings. The second-order valence-electron chi connectivity index (χ2n) is 2.23. The Balaban J connectivity index is 2.18. The second kappa shape index (κ2) is 3.82. The minimum atomic E-state index is 0.226. The molecule has 2 N–H and O–H groups in total. The Hall–Kier alpha value is -0.120. The molecule has 54 valence electrons. The molecular weight excluding hydrogens is 118 g/mol. The molecule has 0 saturated carbocycles. The summed E-state index contributed by atoms with van der Waals surface area (Å²) in [5.41, 5.74) is 0. The number of nitrogens with one attached hydrogen (secondary N) is 1. The van der Waals surface area contributed by atoms with Crippen LogP contribution in [0.4, 0.5) is 0 Å². The van der Waals surface area contributed by atoms with Gasteiger partial charge in [-0.3, -0.25) is 0 Å². The van der Waals surface area contributed by atoms with E-state index in [1.54, 1.807) is 0 Å². The van der Waals surface area contributed by atoms with Crippen molar-refractivity contribution in [3.05, 3.63) is 0 Å². The second-order valence-corrected chi connectivity index (χ2v) is 2.23. The van der Waals surface area contributed by atoms with Crippen molar-refractivity contribution in [2.24, 2.45) is 0 Å². The van der Waals surface area contributed by atoms with Crippen molar-refractivity contribution < 1.29 is 9.84 Å². The van der Waals surface area contributed by atoms with Gasteiger partial charge < -0.3 is 15.2 Å². The van der Waals surface area contributed by atoms with Crippen LogP contribution in [0, 0.1) is 0 Å².